The summed E-state index contributed by atoms with van der Waals surface area (Å²) in [6.07, 6.45) is 0. The van der Waals surface area contributed by atoms with Crippen molar-refractivity contribution < 1.29 is 18.7 Å². The van der Waals surface area contributed by atoms with Crippen LogP contribution in [0.1, 0.15) is 26.3 Å². The van der Waals surface area contributed by atoms with E-state index in [2.05, 4.69) is 21.2 Å². The lowest BCUT2D eigenvalue weighted by molar-refractivity contribution is -0.155. The Hall–Kier alpha value is -1.63. The largest absolute Gasteiger partial charge is 0.459 e. The van der Waals surface area contributed by atoms with Crippen molar-refractivity contribution in [3.8, 4) is 0 Å². The first-order chi connectivity index (χ1) is 9.67. The molecule has 0 unspecified atom stereocenters. The lowest BCUT2D eigenvalue weighted by Gasteiger charge is -2.30. The minimum absolute atomic E-state index is 0.0195. The van der Waals surface area contributed by atoms with Crippen molar-refractivity contribution in [3.63, 3.8) is 0 Å². The minimum Gasteiger partial charge on any atom is -0.459 e. The highest BCUT2D eigenvalue weighted by Crippen LogP contribution is 2.30. The lowest BCUT2D eigenvalue weighted by Crippen LogP contribution is -2.43. The van der Waals surface area contributed by atoms with E-state index in [-0.39, 0.29) is 13.1 Å². The van der Waals surface area contributed by atoms with Gasteiger partial charge in [0.05, 0.1) is 16.7 Å². The Morgan fingerprint density at radius 2 is 2.14 bits per heavy atom. The number of hydrogen-bond donors (Lipinski definition) is 1. The molecule has 1 aromatic rings. The van der Waals surface area contributed by atoms with Crippen molar-refractivity contribution >= 4 is 33.6 Å². The van der Waals surface area contributed by atoms with Crippen LogP contribution in [-0.2, 0) is 16.1 Å². The Bertz CT molecular complexity index is 599. The smallest absolute Gasteiger partial charge is 0.326 e. The van der Waals surface area contributed by atoms with Crippen LogP contribution in [0.3, 0.4) is 0 Å². The summed E-state index contributed by atoms with van der Waals surface area (Å²) in [4.78, 5) is 24.9. The van der Waals surface area contributed by atoms with Gasteiger partial charge < -0.3 is 15.0 Å². The Balaban J connectivity index is 2.15. The molecular weight excluding hydrogens is 343 g/mol. The maximum atomic E-state index is 14.1. The van der Waals surface area contributed by atoms with Gasteiger partial charge in [0.2, 0.25) is 0 Å². The first-order valence-corrected chi connectivity index (χ1v) is 7.21. The first-order valence-electron chi connectivity index (χ1n) is 6.42. The lowest BCUT2D eigenvalue weighted by atomic mass is 10.1. The van der Waals surface area contributed by atoms with Crippen molar-refractivity contribution in [1.29, 1.82) is 0 Å². The fraction of sp³-hybridized carbons (Fsp3) is 0.429. The van der Waals surface area contributed by atoms with Crippen LogP contribution >= 0.6 is 15.9 Å². The van der Waals surface area contributed by atoms with Crippen LogP contribution in [0.5, 0.6) is 0 Å². The van der Waals surface area contributed by atoms with Crippen LogP contribution in [-0.4, -0.2) is 29.0 Å². The molecule has 0 spiro atoms. The highest BCUT2D eigenvalue weighted by atomic mass is 79.9. The first kappa shape index (κ1) is 15.8. The second-order valence-electron chi connectivity index (χ2n) is 5.76. The predicted molar refractivity (Wildman–Crippen MR) is 79.4 cm³/mol. The number of benzene rings is 1. The zero-order valence-corrected chi connectivity index (χ0v) is 13.6. The number of fused-ring (bicyclic) bond motifs is 1. The third-order valence-electron chi connectivity index (χ3n) is 2.81. The summed E-state index contributed by atoms with van der Waals surface area (Å²) in [5.41, 5.74) is 0.129. The van der Waals surface area contributed by atoms with E-state index in [1.165, 1.54) is 11.0 Å². The van der Waals surface area contributed by atoms with E-state index in [9.17, 15) is 14.0 Å². The maximum absolute atomic E-state index is 14.1. The Kier molecular flexibility index (Phi) is 4.22. The van der Waals surface area contributed by atoms with E-state index >= 15 is 0 Å². The summed E-state index contributed by atoms with van der Waals surface area (Å²) in [6, 6.07) is 2.69. The molecule has 5 nitrogen and oxygen atoms in total. The second-order valence-corrected chi connectivity index (χ2v) is 6.61. The molecule has 21 heavy (non-hydrogen) atoms. The topological polar surface area (TPSA) is 58.6 Å². The summed E-state index contributed by atoms with van der Waals surface area (Å²) in [5, 5.41) is 2.56. The molecule has 1 aliphatic rings. The standard InChI is InChI=1S/C14H16BrFN2O3/c1-14(2,3)21-11(19)7-18-6-8-10(17-13(18)20)5-4-9(15)12(8)16/h4-5H,6-7H2,1-3H3,(H,17,20). The summed E-state index contributed by atoms with van der Waals surface area (Å²) in [6.45, 7) is 5.02. The van der Waals surface area contributed by atoms with E-state index in [1.807, 2.05) is 0 Å². The van der Waals surface area contributed by atoms with Gasteiger partial charge in [-0.15, -0.1) is 0 Å². The Morgan fingerprint density at radius 1 is 1.48 bits per heavy atom. The summed E-state index contributed by atoms with van der Waals surface area (Å²) in [5.74, 6) is -0.974. The number of esters is 1. The van der Waals surface area contributed by atoms with Crippen molar-refractivity contribution in [2.24, 2.45) is 0 Å². The number of anilines is 1. The third-order valence-corrected chi connectivity index (χ3v) is 3.43. The molecule has 0 radical (unpaired) electrons. The maximum Gasteiger partial charge on any atom is 0.326 e. The van der Waals surface area contributed by atoms with Gasteiger partial charge in [-0.2, -0.15) is 0 Å². The molecule has 1 aliphatic heterocycles. The van der Waals surface area contributed by atoms with E-state index in [0.717, 1.165) is 0 Å². The van der Waals surface area contributed by atoms with Crippen LogP contribution < -0.4 is 5.32 Å². The number of ether oxygens (including phenoxy) is 1. The van der Waals surface area contributed by atoms with Crippen LogP contribution in [0.25, 0.3) is 0 Å². The number of nitrogens with one attached hydrogen (secondary N) is 1. The van der Waals surface area contributed by atoms with Gasteiger partial charge in [0.25, 0.3) is 0 Å². The van der Waals surface area contributed by atoms with E-state index in [4.69, 9.17) is 4.74 Å². The van der Waals surface area contributed by atoms with Crippen molar-refractivity contribution in [1.82, 2.24) is 4.90 Å². The van der Waals surface area contributed by atoms with Gasteiger partial charge in [-0.1, -0.05) is 0 Å². The number of carbonyl (C=O) groups excluding carboxylic acids is 2. The molecule has 0 bridgehead atoms. The molecule has 0 aliphatic carbocycles. The number of halogens is 2. The molecule has 114 valence electrons. The zero-order valence-electron chi connectivity index (χ0n) is 12.0. The fourth-order valence-electron chi connectivity index (χ4n) is 1.98. The molecule has 1 N–H and O–H groups in total. The van der Waals surface area contributed by atoms with Crippen molar-refractivity contribution in [2.45, 2.75) is 32.9 Å². The van der Waals surface area contributed by atoms with Crippen LogP contribution in [0.2, 0.25) is 0 Å². The molecule has 2 rings (SSSR count). The molecule has 0 saturated heterocycles. The highest BCUT2D eigenvalue weighted by Gasteiger charge is 2.29. The number of urea groups is 1. The second kappa shape index (κ2) is 5.63. The van der Waals surface area contributed by atoms with Gasteiger partial charge in [-0.3, -0.25) is 4.79 Å². The average molecular weight is 359 g/mol. The zero-order chi connectivity index (χ0) is 15.8. The number of rotatable bonds is 2. The highest BCUT2D eigenvalue weighted by molar-refractivity contribution is 9.10. The van der Waals surface area contributed by atoms with Gasteiger partial charge in [-0.05, 0) is 48.8 Å². The third kappa shape index (κ3) is 3.72. The molecule has 1 heterocycles. The van der Waals surface area contributed by atoms with Gasteiger partial charge in [0.1, 0.15) is 18.0 Å². The van der Waals surface area contributed by atoms with Crippen molar-refractivity contribution in [3.05, 3.63) is 28.0 Å². The molecule has 0 saturated carbocycles. The summed E-state index contributed by atoms with van der Waals surface area (Å²) >= 11 is 3.10. The molecular formula is C14H16BrFN2O3. The monoisotopic (exact) mass is 358 g/mol. The van der Waals surface area contributed by atoms with E-state index in [0.29, 0.717) is 15.7 Å². The van der Waals surface area contributed by atoms with Gasteiger partial charge in [-0.25, -0.2) is 9.18 Å². The van der Waals surface area contributed by atoms with Gasteiger partial charge in [0.15, 0.2) is 0 Å². The SMILES string of the molecule is CC(C)(C)OC(=O)CN1Cc2c(ccc(Br)c2F)NC1=O. The Labute approximate surface area is 130 Å². The molecule has 0 fully saturated rings. The quantitative estimate of drug-likeness (QED) is 0.825. The van der Waals surface area contributed by atoms with Gasteiger partial charge in [0, 0.05) is 5.56 Å². The molecule has 0 aromatic heterocycles. The van der Waals surface area contributed by atoms with Crippen LogP contribution in [0, 0.1) is 5.82 Å². The summed E-state index contributed by atoms with van der Waals surface area (Å²) in [7, 11) is 0. The van der Waals surface area contributed by atoms with Crippen LogP contribution in [0.4, 0.5) is 14.9 Å². The molecule has 1 aromatic carbocycles. The number of hydrogen-bond acceptors (Lipinski definition) is 3. The van der Waals surface area contributed by atoms with Crippen molar-refractivity contribution in [2.75, 3.05) is 11.9 Å². The number of amides is 2. The minimum atomic E-state index is -0.629. The summed E-state index contributed by atoms with van der Waals surface area (Å²) < 4.78 is 19.5. The van der Waals surface area contributed by atoms with E-state index in [1.54, 1.807) is 26.8 Å². The molecule has 0 atom stereocenters. The normalized spacial score (nSPS) is 14.5. The fourth-order valence-corrected chi connectivity index (χ4v) is 2.35. The predicted octanol–water partition coefficient (Wildman–Crippen LogP) is 3.28. The average Bonchev–Trinajstić information content (AvgIpc) is 2.34. The Morgan fingerprint density at radius 3 is 2.76 bits per heavy atom. The number of carbonyl (C=O) groups is 2. The van der Waals surface area contributed by atoms with Gasteiger partial charge >= 0.3 is 12.0 Å². The molecule has 2 amide bonds. The number of nitrogens with zero attached hydrogens (tertiary/aromatic N) is 1. The molecule has 7 heteroatoms. The van der Waals surface area contributed by atoms with E-state index < -0.39 is 23.4 Å². The van der Waals surface area contributed by atoms with Crippen LogP contribution in [0.15, 0.2) is 16.6 Å².